The fraction of sp³-hybridized carbons (Fsp3) is 0.600. The molecule has 1 aliphatic carbocycles. The monoisotopic (exact) mass is 292 g/mol. The van der Waals surface area contributed by atoms with E-state index < -0.39 is 0 Å². The van der Waals surface area contributed by atoms with Crippen molar-refractivity contribution >= 4 is 11.5 Å². The highest BCUT2D eigenvalue weighted by atomic mass is 16.4. The highest BCUT2D eigenvalue weighted by Gasteiger charge is 2.28. The van der Waals surface area contributed by atoms with Gasteiger partial charge in [-0.3, -0.25) is 4.98 Å². The molecule has 0 saturated heterocycles. The second-order valence-electron chi connectivity index (χ2n) is 5.58. The number of aryl methyl sites for hydroxylation is 2. The molecule has 0 radical (unpaired) electrons. The van der Waals surface area contributed by atoms with Crippen LogP contribution < -0.4 is 10.6 Å². The Bertz CT molecular complexity index is 527. The molecular formula is C15H24N4O2. The van der Waals surface area contributed by atoms with Crippen LogP contribution in [0.3, 0.4) is 0 Å². The van der Waals surface area contributed by atoms with Gasteiger partial charge < -0.3 is 20.9 Å². The summed E-state index contributed by atoms with van der Waals surface area (Å²) in [4.78, 5) is 6.69. The van der Waals surface area contributed by atoms with Crippen molar-refractivity contribution in [2.45, 2.75) is 45.6 Å². The Morgan fingerprint density at radius 1 is 1.48 bits per heavy atom. The second kappa shape index (κ2) is 6.76. The van der Waals surface area contributed by atoms with Gasteiger partial charge >= 0.3 is 0 Å². The third-order valence-electron chi connectivity index (χ3n) is 4.05. The van der Waals surface area contributed by atoms with Crippen LogP contribution in [-0.4, -0.2) is 40.3 Å². The summed E-state index contributed by atoms with van der Waals surface area (Å²) in [5.41, 5.74) is 9.16. The van der Waals surface area contributed by atoms with Crippen molar-refractivity contribution in [1.82, 2.24) is 4.98 Å². The Balaban J connectivity index is 2.46. The summed E-state index contributed by atoms with van der Waals surface area (Å²) in [6.45, 7) is 4.73. The lowest BCUT2D eigenvalue weighted by Crippen LogP contribution is -2.42. The maximum atomic E-state index is 9.14. The van der Waals surface area contributed by atoms with Gasteiger partial charge in [0.05, 0.1) is 16.9 Å². The standard InChI is InChI=1S/C15H24N4O2/c1-10-9-13(14(11(2)17-10)15(16)18-21)19(7-4-8-20)12-5-3-6-12/h9,12,20-21H,3-8H2,1-2H3,(H2,16,18). The minimum atomic E-state index is 0.0864. The van der Waals surface area contributed by atoms with Crippen molar-refractivity contribution < 1.29 is 10.3 Å². The first-order valence-electron chi connectivity index (χ1n) is 7.42. The highest BCUT2D eigenvalue weighted by Crippen LogP contribution is 2.33. The third-order valence-corrected chi connectivity index (χ3v) is 4.05. The molecule has 0 spiro atoms. The second-order valence-corrected chi connectivity index (χ2v) is 5.58. The fourth-order valence-corrected chi connectivity index (χ4v) is 2.84. The molecule has 0 atom stereocenters. The molecule has 0 unspecified atom stereocenters. The highest BCUT2D eigenvalue weighted by molar-refractivity contribution is 6.03. The zero-order valence-corrected chi connectivity index (χ0v) is 12.7. The third kappa shape index (κ3) is 3.26. The van der Waals surface area contributed by atoms with Gasteiger partial charge in [0.15, 0.2) is 5.84 Å². The molecule has 116 valence electrons. The van der Waals surface area contributed by atoms with Crippen LogP contribution in [-0.2, 0) is 0 Å². The van der Waals surface area contributed by atoms with Gasteiger partial charge in [-0.15, -0.1) is 0 Å². The van der Waals surface area contributed by atoms with Crippen LogP contribution >= 0.6 is 0 Å². The zero-order chi connectivity index (χ0) is 15.4. The number of oxime groups is 1. The van der Waals surface area contributed by atoms with Crippen molar-refractivity contribution in [3.05, 3.63) is 23.0 Å². The van der Waals surface area contributed by atoms with Crippen LogP contribution in [0, 0.1) is 13.8 Å². The topological polar surface area (TPSA) is 95.0 Å². The number of aliphatic hydroxyl groups is 1. The van der Waals surface area contributed by atoms with Gasteiger partial charge in [-0.05, 0) is 45.6 Å². The molecule has 1 aliphatic rings. The number of nitrogens with two attached hydrogens (primary N) is 1. The van der Waals surface area contributed by atoms with E-state index in [9.17, 15) is 0 Å². The zero-order valence-electron chi connectivity index (χ0n) is 12.7. The lowest BCUT2D eigenvalue weighted by molar-refractivity contribution is 0.283. The number of nitrogens with zero attached hydrogens (tertiary/aromatic N) is 3. The molecular weight excluding hydrogens is 268 g/mol. The number of aromatic nitrogens is 1. The average Bonchev–Trinajstić information content (AvgIpc) is 2.39. The maximum absolute atomic E-state index is 9.14. The number of hydrogen-bond donors (Lipinski definition) is 3. The molecule has 0 bridgehead atoms. The van der Waals surface area contributed by atoms with E-state index in [4.69, 9.17) is 16.0 Å². The number of hydrogen-bond acceptors (Lipinski definition) is 5. The van der Waals surface area contributed by atoms with Crippen LogP contribution in [0.25, 0.3) is 0 Å². The molecule has 1 aromatic heterocycles. The number of amidine groups is 1. The normalized spacial score (nSPS) is 15.9. The summed E-state index contributed by atoms with van der Waals surface area (Å²) in [7, 11) is 0. The quantitative estimate of drug-likeness (QED) is 0.320. The molecule has 1 heterocycles. The summed E-state index contributed by atoms with van der Waals surface area (Å²) in [6, 6.07) is 2.44. The summed E-state index contributed by atoms with van der Waals surface area (Å²) in [5, 5.41) is 21.3. The maximum Gasteiger partial charge on any atom is 0.174 e. The molecule has 1 aromatic rings. The number of pyridine rings is 1. The Kier molecular flexibility index (Phi) is 5.01. The first kappa shape index (κ1) is 15.6. The van der Waals surface area contributed by atoms with E-state index in [1.807, 2.05) is 19.9 Å². The molecule has 6 nitrogen and oxygen atoms in total. The lowest BCUT2D eigenvalue weighted by Gasteiger charge is -2.40. The molecule has 1 fully saturated rings. The Morgan fingerprint density at radius 2 is 2.19 bits per heavy atom. The van der Waals surface area contributed by atoms with E-state index in [1.165, 1.54) is 6.42 Å². The molecule has 6 heteroatoms. The van der Waals surface area contributed by atoms with Gasteiger partial charge in [0, 0.05) is 24.9 Å². The lowest BCUT2D eigenvalue weighted by atomic mass is 9.90. The van der Waals surface area contributed by atoms with E-state index >= 15 is 0 Å². The summed E-state index contributed by atoms with van der Waals surface area (Å²) in [6.07, 6.45) is 4.21. The molecule has 0 amide bonds. The molecule has 1 saturated carbocycles. The van der Waals surface area contributed by atoms with Gasteiger partial charge in [0.2, 0.25) is 0 Å². The first-order chi connectivity index (χ1) is 10.1. The summed E-state index contributed by atoms with van der Waals surface area (Å²) >= 11 is 0. The summed E-state index contributed by atoms with van der Waals surface area (Å²) in [5.74, 6) is 0.0864. The van der Waals surface area contributed by atoms with Crippen molar-refractivity contribution in [1.29, 1.82) is 0 Å². The van der Waals surface area contributed by atoms with Gasteiger partial charge in [-0.2, -0.15) is 0 Å². The average molecular weight is 292 g/mol. The van der Waals surface area contributed by atoms with Crippen LogP contribution in [0.2, 0.25) is 0 Å². The first-order valence-corrected chi connectivity index (χ1v) is 7.42. The largest absolute Gasteiger partial charge is 0.409 e. The van der Waals surface area contributed by atoms with Crippen LogP contribution in [0.4, 0.5) is 5.69 Å². The number of anilines is 1. The molecule has 4 N–H and O–H groups in total. The smallest absolute Gasteiger partial charge is 0.174 e. The Hall–Kier alpha value is -1.82. The van der Waals surface area contributed by atoms with Crippen molar-refractivity contribution in [2.75, 3.05) is 18.1 Å². The van der Waals surface area contributed by atoms with E-state index in [0.717, 1.165) is 36.5 Å². The Labute approximate surface area is 125 Å². The van der Waals surface area contributed by atoms with Crippen molar-refractivity contribution in [3.63, 3.8) is 0 Å². The molecule has 0 aromatic carbocycles. The van der Waals surface area contributed by atoms with Crippen molar-refractivity contribution in [3.8, 4) is 0 Å². The molecule has 21 heavy (non-hydrogen) atoms. The SMILES string of the molecule is Cc1cc(N(CCCO)C2CCC2)c(/C(N)=N/O)c(C)n1. The molecule has 2 rings (SSSR count). The van der Waals surface area contributed by atoms with Crippen LogP contribution in [0.5, 0.6) is 0 Å². The predicted octanol–water partition coefficient (Wildman–Crippen LogP) is 1.53. The van der Waals surface area contributed by atoms with Crippen LogP contribution in [0.1, 0.15) is 42.6 Å². The number of rotatable bonds is 6. The van der Waals surface area contributed by atoms with Gasteiger partial charge in [0.25, 0.3) is 0 Å². The van der Waals surface area contributed by atoms with Crippen LogP contribution in [0.15, 0.2) is 11.2 Å². The minimum Gasteiger partial charge on any atom is -0.409 e. The van der Waals surface area contributed by atoms with Gasteiger partial charge in [-0.25, -0.2) is 0 Å². The van der Waals surface area contributed by atoms with E-state index in [2.05, 4.69) is 15.0 Å². The minimum absolute atomic E-state index is 0.0864. The summed E-state index contributed by atoms with van der Waals surface area (Å²) < 4.78 is 0. The van der Waals surface area contributed by atoms with E-state index in [1.54, 1.807) is 0 Å². The molecule has 0 aliphatic heterocycles. The predicted molar refractivity (Wildman–Crippen MR) is 82.9 cm³/mol. The van der Waals surface area contributed by atoms with E-state index in [0.29, 0.717) is 18.0 Å². The van der Waals surface area contributed by atoms with Gasteiger partial charge in [-0.1, -0.05) is 5.16 Å². The van der Waals surface area contributed by atoms with E-state index in [-0.39, 0.29) is 12.4 Å². The van der Waals surface area contributed by atoms with Gasteiger partial charge in [0.1, 0.15) is 0 Å². The number of aliphatic hydroxyl groups excluding tert-OH is 1. The van der Waals surface area contributed by atoms with Crippen molar-refractivity contribution in [2.24, 2.45) is 10.9 Å². The fourth-order valence-electron chi connectivity index (χ4n) is 2.84. The Morgan fingerprint density at radius 3 is 2.71 bits per heavy atom.